The van der Waals surface area contributed by atoms with Crippen LogP contribution in [0, 0.1) is 6.92 Å². The lowest BCUT2D eigenvalue weighted by Crippen LogP contribution is -1.97. The molecule has 0 atom stereocenters. The molecule has 2 aromatic rings. The van der Waals surface area contributed by atoms with Crippen molar-refractivity contribution in [1.82, 2.24) is 9.97 Å². The van der Waals surface area contributed by atoms with E-state index < -0.39 is 0 Å². The molecular formula is C13H15N3O. The standard InChI is InChI=1S/C13H15N3O/c1-3-11-12(6-4-9(2)16-11)17-13-7-5-10(14)8-15-13/h4-8H,3,14H2,1-2H3. The average molecular weight is 229 g/mol. The maximum absolute atomic E-state index is 5.68. The molecule has 2 heterocycles. The van der Waals surface area contributed by atoms with Crippen LogP contribution in [0.2, 0.25) is 0 Å². The Morgan fingerprint density at radius 1 is 1.24 bits per heavy atom. The van der Waals surface area contributed by atoms with Crippen LogP contribution in [0.15, 0.2) is 30.5 Å². The van der Waals surface area contributed by atoms with Gasteiger partial charge in [0.15, 0.2) is 5.75 Å². The second-order valence-electron chi connectivity index (χ2n) is 3.78. The van der Waals surface area contributed by atoms with Gasteiger partial charge in [-0.3, -0.25) is 4.98 Å². The SMILES string of the molecule is CCc1nc(C)ccc1Oc1ccc(N)cn1. The zero-order chi connectivity index (χ0) is 12.3. The first-order valence-corrected chi connectivity index (χ1v) is 5.55. The molecule has 0 spiro atoms. The van der Waals surface area contributed by atoms with Crippen LogP contribution < -0.4 is 10.5 Å². The summed E-state index contributed by atoms with van der Waals surface area (Å²) in [6.45, 7) is 4.01. The van der Waals surface area contributed by atoms with Crippen molar-refractivity contribution >= 4 is 5.69 Å². The number of aromatic nitrogens is 2. The molecule has 88 valence electrons. The largest absolute Gasteiger partial charge is 0.437 e. The molecule has 0 saturated carbocycles. The zero-order valence-corrected chi connectivity index (χ0v) is 9.97. The van der Waals surface area contributed by atoms with Crippen LogP contribution in [0.5, 0.6) is 11.6 Å². The number of pyridine rings is 2. The molecule has 0 radical (unpaired) electrons. The molecule has 0 aliphatic carbocycles. The Bertz CT molecular complexity index is 509. The van der Waals surface area contributed by atoms with Gasteiger partial charge in [0.25, 0.3) is 0 Å². The summed E-state index contributed by atoms with van der Waals surface area (Å²) in [5.74, 6) is 1.27. The Labute approximate surface area is 100 Å². The predicted molar refractivity (Wildman–Crippen MR) is 67.1 cm³/mol. The topological polar surface area (TPSA) is 61.0 Å². The Morgan fingerprint density at radius 2 is 2.06 bits per heavy atom. The first-order valence-electron chi connectivity index (χ1n) is 5.55. The minimum absolute atomic E-state index is 0.527. The maximum Gasteiger partial charge on any atom is 0.219 e. The lowest BCUT2D eigenvalue weighted by molar-refractivity contribution is 0.454. The summed E-state index contributed by atoms with van der Waals surface area (Å²) in [5.41, 5.74) is 8.11. The van der Waals surface area contributed by atoms with Crippen LogP contribution in [-0.2, 0) is 6.42 Å². The molecule has 2 rings (SSSR count). The van der Waals surface area contributed by atoms with Crippen LogP contribution in [0.3, 0.4) is 0 Å². The molecule has 0 fully saturated rings. The Balaban J connectivity index is 2.26. The number of hydrogen-bond acceptors (Lipinski definition) is 4. The summed E-state index contributed by atoms with van der Waals surface area (Å²) in [7, 11) is 0. The summed E-state index contributed by atoms with van der Waals surface area (Å²) in [5, 5.41) is 0. The van der Waals surface area contributed by atoms with Crippen LogP contribution in [0.4, 0.5) is 5.69 Å². The highest BCUT2D eigenvalue weighted by Gasteiger charge is 2.05. The van der Waals surface area contributed by atoms with Crippen molar-refractivity contribution in [2.75, 3.05) is 5.73 Å². The van der Waals surface area contributed by atoms with Crippen molar-refractivity contribution in [3.63, 3.8) is 0 Å². The van der Waals surface area contributed by atoms with Crippen molar-refractivity contribution in [3.05, 3.63) is 41.9 Å². The van der Waals surface area contributed by atoms with Crippen LogP contribution in [0.25, 0.3) is 0 Å². The molecule has 0 bridgehead atoms. The summed E-state index contributed by atoms with van der Waals surface area (Å²) < 4.78 is 5.68. The van der Waals surface area contributed by atoms with Crippen molar-refractivity contribution in [1.29, 1.82) is 0 Å². The van der Waals surface area contributed by atoms with Gasteiger partial charge in [0, 0.05) is 11.8 Å². The summed E-state index contributed by atoms with van der Waals surface area (Å²) in [4.78, 5) is 8.52. The van der Waals surface area contributed by atoms with Gasteiger partial charge in [-0.05, 0) is 31.5 Å². The predicted octanol–water partition coefficient (Wildman–Crippen LogP) is 2.72. The van der Waals surface area contributed by atoms with Gasteiger partial charge in [-0.1, -0.05) is 6.92 Å². The molecular weight excluding hydrogens is 214 g/mol. The van der Waals surface area contributed by atoms with Gasteiger partial charge in [0.1, 0.15) is 0 Å². The number of nitrogens with two attached hydrogens (primary N) is 1. The molecule has 2 N–H and O–H groups in total. The van der Waals surface area contributed by atoms with E-state index in [-0.39, 0.29) is 0 Å². The first-order chi connectivity index (χ1) is 8.19. The molecule has 0 saturated heterocycles. The second-order valence-corrected chi connectivity index (χ2v) is 3.78. The average Bonchev–Trinajstić information content (AvgIpc) is 2.34. The zero-order valence-electron chi connectivity index (χ0n) is 9.97. The number of anilines is 1. The molecule has 0 amide bonds. The Hall–Kier alpha value is -2.10. The molecule has 0 aromatic carbocycles. The minimum atomic E-state index is 0.527. The van der Waals surface area contributed by atoms with Gasteiger partial charge in [-0.15, -0.1) is 0 Å². The molecule has 4 nitrogen and oxygen atoms in total. The van der Waals surface area contributed by atoms with Crippen LogP contribution in [0.1, 0.15) is 18.3 Å². The third-order valence-corrected chi connectivity index (χ3v) is 2.38. The minimum Gasteiger partial charge on any atom is -0.437 e. The smallest absolute Gasteiger partial charge is 0.219 e. The maximum atomic E-state index is 5.68. The number of rotatable bonds is 3. The number of nitrogen functional groups attached to an aromatic ring is 1. The molecule has 0 aliphatic rings. The fourth-order valence-corrected chi connectivity index (χ4v) is 1.51. The quantitative estimate of drug-likeness (QED) is 0.879. The van der Waals surface area contributed by atoms with Crippen molar-refractivity contribution in [2.24, 2.45) is 0 Å². The third kappa shape index (κ3) is 2.72. The monoisotopic (exact) mass is 229 g/mol. The Kier molecular flexibility index (Phi) is 3.23. The van der Waals surface area contributed by atoms with Crippen LogP contribution in [-0.4, -0.2) is 9.97 Å². The number of ether oxygens (including phenoxy) is 1. The van der Waals surface area contributed by atoms with Gasteiger partial charge in [0.2, 0.25) is 5.88 Å². The molecule has 17 heavy (non-hydrogen) atoms. The highest BCUT2D eigenvalue weighted by atomic mass is 16.5. The molecule has 0 aliphatic heterocycles. The lowest BCUT2D eigenvalue weighted by atomic mass is 10.2. The fourth-order valence-electron chi connectivity index (χ4n) is 1.51. The number of hydrogen-bond donors (Lipinski definition) is 1. The van der Waals surface area contributed by atoms with Crippen molar-refractivity contribution in [2.45, 2.75) is 20.3 Å². The normalized spacial score (nSPS) is 10.2. The van der Waals surface area contributed by atoms with Crippen molar-refractivity contribution in [3.8, 4) is 11.6 Å². The lowest BCUT2D eigenvalue weighted by Gasteiger charge is -2.09. The third-order valence-electron chi connectivity index (χ3n) is 2.38. The van der Waals surface area contributed by atoms with E-state index in [2.05, 4.69) is 9.97 Å². The highest BCUT2D eigenvalue weighted by molar-refractivity contribution is 5.38. The van der Waals surface area contributed by atoms with Crippen LogP contribution >= 0.6 is 0 Å². The van der Waals surface area contributed by atoms with E-state index in [0.29, 0.717) is 11.6 Å². The van der Waals surface area contributed by atoms with E-state index in [4.69, 9.17) is 10.5 Å². The van der Waals surface area contributed by atoms with Gasteiger partial charge < -0.3 is 10.5 Å². The number of aryl methyl sites for hydroxylation is 2. The van der Waals surface area contributed by atoms with E-state index >= 15 is 0 Å². The summed E-state index contributed by atoms with van der Waals surface area (Å²) in [6.07, 6.45) is 2.40. The van der Waals surface area contributed by atoms with Gasteiger partial charge in [0.05, 0.1) is 17.6 Å². The second kappa shape index (κ2) is 4.82. The first kappa shape index (κ1) is 11.4. The fraction of sp³-hybridized carbons (Fsp3) is 0.231. The van der Waals surface area contributed by atoms with Gasteiger partial charge in [-0.25, -0.2) is 4.98 Å². The molecule has 2 aromatic heterocycles. The van der Waals surface area contributed by atoms with E-state index in [1.165, 1.54) is 0 Å². The summed E-state index contributed by atoms with van der Waals surface area (Å²) in [6, 6.07) is 7.34. The van der Waals surface area contributed by atoms with Crippen molar-refractivity contribution < 1.29 is 4.74 Å². The number of nitrogens with zero attached hydrogens (tertiary/aromatic N) is 2. The molecule has 4 heteroatoms. The van der Waals surface area contributed by atoms with E-state index in [1.807, 2.05) is 26.0 Å². The van der Waals surface area contributed by atoms with E-state index in [9.17, 15) is 0 Å². The molecule has 0 unspecified atom stereocenters. The Morgan fingerprint density at radius 3 is 2.71 bits per heavy atom. The van der Waals surface area contributed by atoms with Gasteiger partial charge in [-0.2, -0.15) is 0 Å². The van der Waals surface area contributed by atoms with E-state index in [0.717, 1.165) is 23.6 Å². The van der Waals surface area contributed by atoms with E-state index in [1.54, 1.807) is 18.3 Å². The summed E-state index contributed by atoms with van der Waals surface area (Å²) >= 11 is 0. The highest BCUT2D eigenvalue weighted by Crippen LogP contribution is 2.23. The van der Waals surface area contributed by atoms with Gasteiger partial charge >= 0.3 is 0 Å².